The molecule has 4 nitrogen and oxygen atoms in total. The number of amides is 1. The van der Waals surface area contributed by atoms with Crippen molar-refractivity contribution in [1.29, 1.82) is 0 Å². The van der Waals surface area contributed by atoms with E-state index >= 15 is 0 Å². The van der Waals surface area contributed by atoms with Crippen LogP contribution in [-0.2, 0) is 4.79 Å². The molecule has 1 atom stereocenters. The number of hydrogen-bond donors (Lipinski definition) is 0. The van der Waals surface area contributed by atoms with Gasteiger partial charge >= 0.3 is 0 Å². The van der Waals surface area contributed by atoms with E-state index in [9.17, 15) is 4.79 Å². The molecule has 0 aliphatic carbocycles. The lowest BCUT2D eigenvalue weighted by atomic mass is 10.0. The van der Waals surface area contributed by atoms with Crippen LogP contribution in [0.5, 0.6) is 0 Å². The van der Waals surface area contributed by atoms with Crippen molar-refractivity contribution in [2.45, 2.75) is 6.92 Å². The first-order valence-electron chi connectivity index (χ1n) is 6.36. The number of hydrogen-bond acceptors (Lipinski definition) is 3. The zero-order chi connectivity index (χ0) is 15.0. The van der Waals surface area contributed by atoms with Gasteiger partial charge in [0.25, 0.3) is 5.91 Å². The first-order valence-corrected chi connectivity index (χ1v) is 7.11. The van der Waals surface area contributed by atoms with Gasteiger partial charge in [-0.15, -0.1) is 0 Å². The molecule has 6 heteroatoms. The summed E-state index contributed by atoms with van der Waals surface area (Å²) < 4.78 is 0. The predicted octanol–water partition coefficient (Wildman–Crippen LogP) is 3.78. The molecule has 0 saturated heterocycles. The number of rotatable bonds is 2. The summed E-state index contributed by atoms with van der Waals surface area (Å²) in [5.41, 5.74) is 2.13. The van der Waals surface area contributed by atoms with Gasteiger partial charge in [-0.1, -0.05) is 23.2 Å². The zero-order valence-electron chi connectivity index (χ0n) is 11.1. The van der Waals surface area contributed by atoms with Crippen LogP contribution in [-0.4, -0.2) is 16.6 Å². The van der Waals surface area contributed by atoms with E-state index in [0.29, 0.717) is 21.4 Å². The quantitative estimate of drug-likeness (QED) is 0.845. The normalized spacial score (nSPS) is 18.0. The minimum atomic E-state index is -0.330. The average molecular weight is 320 g/mol. The molecule has 0 fully saturated rings. The molecule has 1 aliphatic heterocycles. The van der Waals surface area contributed by atoms with Gasteiger partial charge in [-0.2, -0.15) is 10.1 Å². The first-order chi connectivity index (χ1) is 10.1. The summed E-state index contributed by atoms with van der Waals surface area (Å²) in [5.74, 6) is -0.434. The summed E-state index contributed by atoms with van der Waals surface area (Å²) in [6, 6.07) is 8.69. The van der Waals surface area contributed by atoms with E-state index < -0.39 is 0 Å². The minimum Gasteiger partial charge on any atom is -0.272 e. The van der Waals surface area contributed by atoms with E-state index in [0.717, 1.165) is 5.56 Å². The van der Waals surface area contributed by atoms with Gasteiger partial charge in [0.15, 0.2) is 0 Å². The molecule has 1 amide bonds. The molecule has 0 saturated carbocycles. The molecule has 2 aromatic rings. The van der Waals surface area contributed by atoms with Crippen molar-refractivity contribution in [3.8, 4) is 0 Å². The highest BCUT2D eigenvalue weighted by atomic mass is 35.5. The second-order valence-corrected chi connectivity index (χ2v) is 5.51. The smallest absolute Gasteiger partial charge is 0.256 e. The molecule has 3 rings (SSSR count). The van der Waals surface area contributed by atoms with Gasteiger partial charge in [0, 0.05) is 18.0 Å². The van der Waals surface area contributed by atoms with Crippen molar-refractivity contribution in [2.24, 2.45) is 11.0 Å². The lowest BCUT2D eigenvalue weighted by Gasteiger charge is -2.13. The molecule has 0 bridgehead atoms. The number of pyridine rings is 1. The summed E-state index contributed by atoms with van der Waals surface area (Å²) in [6.45, 7) is 1.83. The van der Waals surface area contributed by atoms with Gasteiger partial charge in [0.2, 0.25) is 0 Å². The van der Waals surface area contributed by atoms with E-state index in [1.807, 2.05) is 19.1 Å². The van der Waals surface area contributed by atoms with Crippen LogP contribution in [0, 0.1) is 5.92 Å². The minimum absolute atomic E-state index is 0.104. The third-order valence-corrected chi connectivity index (χ3v) is 4.04. The van der Waals surface area contributed by atoms with Crippen molar-refractivity contribution >= 4 is 40.5 Å². The molecule has 1 aromatic heterocycles. The Labute approximate surface area is 132 Å². The third kappa shape index (κ3) is 2.52. The predicted molar refractivity (Wildman–Crippen MR) is 83.9 cm³/mol. The number of benzene rings is 1. The largest absolute Gasteiger partial charge is 0.272 e. The summed E-state index contributed by atoms with van der Waals surface area (Å²) in [5, 5.41) is 6.61. The molecule has 0 radical (unpaired) electrons. The Morgan fingerprint density at radius 3 is 2.67 bits per heavy atom. The number of nitrogens with zero attached hydrogens (tertiary/aromatic N) is 3. The van der Waals surface area contributed by atoms with Crippen molar-refractivity contribution < 1.29 is 4.79 Å². The Hall–Kier alpha value is -1.91. The second kappa shape index (κ2) is 5.47. The maximum atomic E-state index is 12.4. The molecule has 1 unspecified atom stereocenters. The van der Waals surface area contributed by atoms with Crippen LogP contribution >= 0.6 is 23.2 Å². The number of halogens is 2. The maximum Gasteiger partial charge on any atom is 0.256 e. The average Bonchev–Trinajstić information content (AvgIpc) is 2.79. The van der Waals surface area contributed by atoms with Crippen molar-refractivity contribution in [2.75, 3.05) is 5.01 Å². The third-order valence-electron chi connectivity index (χ3n) is 3.30. The van der Waals surface area contributed by atoms with Crippen LogP contribution in [0.25, 0.3) is 0 Å². The SMILES string of the molecule is CC1C(=O)N(c2ccc(Cl)c(Cl)c2)N=C1c1cccnc1. The van der Waals surface area contributed by atoms with Crippen LogP contribution in [0.2, 0.25) is 10.0 Å². The molecule has 0 N–H and O–H groups in total. The standard InChI is InChI=1S/C15H11Cl2N3O/c1-9-14(10-3-2-6-18-8-10)19-20(15(9)21)11-4-5-12(16)13(17)7-11/h2-9H,1H3. The van der Waals surface area contributed by atoms with E-state index in [-0.39, 0.29) is 11.8 Å². The number of hydrazone groups is 1. The van der Waals surface area contributed by atoms with E-state index in [2.05, 4.69) is 10.1 Å². The number of aromatic nitrogens is 1. The second-order valence-electron chi connectivity index (χ2n) is 4.70. The molecule has 21 heavy (non-hydrogen) atoms. The van der Waals surface area contributed by atoms with Gasteiger partial charge in [0.05, 0.1) is 27.4 Å². The topological polar surface area (TPSA) is 45.6 Å². The van der Waals surface area contributed by atoms with Gasteiger partial charge in [-0.3, -0.25) is 9.78 Å². The molecule has 1 aliphatic rings. The Bertz CT molecular complexity index is 731. The lowest BCUT2D eigenvalue weighted by molar-refractivity contribution is -0.119. The number of carbonyl (C=O) groups excluding carboxylic acids is 1. The molecule has 2 heterocycles. The van der Waals surface area contributed by atoms with Crippen LogP contribution < -0.4 is 5.01 Å². The fourth-order valence-electron chi connectivity index (χ4n) is 2.17. The molecular weight excluding hydrogens is 309 g/mol. The van der Waals surface area contributed by atoms with Crippen LogP contribution in [0.3, 0.4) is 0 Å². The first kappa shape index (κ1) is 14.0. The van der Waals surface area contributed by atoms with Gasteiger partial charge in [-0.05, 0) is 37.3 Å². The van der Waals surface area contributed by atoms with Crippen molar-refractivity contribution in [3.05, 3.63) is 58.3 Å². The highest BCUT2D eigenvalue weighted by Crippen LogP contribution is 2.31. The van der Waals surface area contributed by atoms with Crippen LogP contribution in [0.1, 0.15) is 12.5 Å². The molecule has 106 valence electrons. The molecular formula is C15H11Cl2N3O. The lowest BCUT2D eigenvalue weighted by Crippen LogP contribution is -2.25. The van der Waals surface area contributed by atoms with Crippen LogP contribution in [0.4, 0.5) is 5.69 Å². The number of anilines is 1. The Morgan fingerprint density at radius 1 is 1.19 bits per heavy atom. The summed E-state index contributed by atoms with van der Waals surface area (Å²) in [6.07, 6.45) is 3.38. The zero-order valence-corrected chi connectivity index (χ0v) is 12.6. The monoisotopic (exact) mass is 319 g/mol. The van der Waals surface area contributed by atoms with E-state index in [4.69, 9.17) is 23.2 Å². The highest BCUT2D eigenvalue weighted by Gasteiger charge is 2.34. The van der Waals surface area contributed by atoms with E-state index in [1.54, 1.807) is 30.6 Å². The molecule has 1 aromatic carbocycles. The van der Waals surface area contributed by atoms with E-state index in [1.165, 1.54) is 5.01 Å². The Kier molecular flexibility index (Phi) is 3.66. The fourth-order valence-corrected chi connectivity index (χ4v) is 2.46. The highest BCUT2D eigenvalue weighted by molar-refractivity contribution is 6.42. The molecule has 0 spiro atoms. The summed E-state index contributed by atoms with van der Waals surface area (Å²) in [4.78, 5) is 16.5. The van der Waals surface area contributed by atoms with Gasteiger partial charge in [0.1, 0.15) is 0 Å². The maximum absolute atomic E-state index is 12.4. The number of carbonyl (C=O) groups is 1. The Balaban J connectivity index is 2.02. The van der Waals surface area contributed by atoms with Gasteiger partial charge < -0.3 is 0 Å². The summed E-state index contributed by atoms with van der Waals surface area (Å²) in [7, 11) is 0. The summed E-state index contributed by atoms with van der Waals surface area (Å²) >= 11 is 11.9. The van der Waals surface area contributed by atoms with Crippen molar-refractivity contribution in [3.63, 3.8) is 0 Å². The fraction of sp³-hybridized carbons (Fsp3) is 0.133. The van der Waals surface area contributed by atoms with Gasteiger partial charge in [-0.25, -0.2) is 0 Å². The Morgan fingerprint density at radius 2 is 2.00 bits per heavy atom. The van der Waals surface area contributed by atoms with Crippen molar-refractivity contribution in [1.82, 2.24) is 4.98 Å². The van der Waals surface area contributed by atoms with Crippen LogP contribution in [0.15, 0.2) is 47.8 Å².